The van der Waals surface area contributed by atoms with Crippen LogP contribution in [0.2, 0.25) is 0 Å². The Morgan fingerprint density at radius 3 is 2.19 bits per heavy atom. The molecule has 6 heteroatoms. The topological polar surface area (TPSA) is 66.5 Å². The second-order valence-electron chi connectivity index (χ2n) is 7.63. The molecule has 0 aliphatic rings. The molecule has 0 bridgehead atoms. The summed E-state index contributed by atoms with van der Waals surface area (Å²) in [6.45, 7) is 5.74. The van der Waals surface area contributed by atoms with E-state index in [4.69, 9.17) is 0 Å². The summed E-state index contributed by atoms with van der Waals surface area (Å²) < 4.78 is 27.3. The van der Waals surface area contributed by atoms with Gasteiger partial charge in [0.1, 0.15) is 0 Å². The van der Waals surface area contributed by atoms with Crippen LogP contribution in [0.15, 0.2) is 77.7 Å². The predicted molar refractivity (Wildman–Crippen MR) is 125 cm³/mol. The van der Waals surface area contributed by atoms with Crippen LogP contribution in [0.4, 0.5) is 5.69 Å². The molecule has 0 radical (unpaired) electrons. The maximum atomic E-state index is 13.0. The van der Waals surface area contributed by atoms with E-state index in [1.54, 1.807) is 42.5 Å². The molecule has 1 atom stereocenters. The Bertz CT molecular complexity index is 1160. The molecule has 0 aliphatic heterocycles. The number of amides is 1. The predicted octanol–water partition coefficient (Wildman–Crippen LogP) is 5.01. The van der Waals surface area contributed by atoms with Gasteiger partial charge in [0.05, 0.1) is 16.6 Å². The van der Waals surface area contributed by atoms with Crippen molar-refractivity contribution in [1.29, 1.82) is 0 Å². The number of nitrogens with one attached hydrogen (secondary N) is 1. The van der Waals surface area contributed by atoms with E-state index in [1.165, 1.54) is 11.4 Å². The lowest BCUT2D eigenvalue weighted by Crippen LogP contribution is -2.29. The smallest absolute Gasteiger partial charge is 0.264 e. The number of sulfonamides is 1. The highest BCUT2D eigenvalue weighted by atomic mass is 32.2. The number of anilines is 1. The first-order valence-electron chi connectivity index (χ1n) is 10.3. The van der Waals surface area contributed by atoms with Crippen molar-refractivity contribution in [1.82, 2.24) is 5.32 Å². The number of carbonyl (C=O) groups is 1. The largest absolute Gasteiger partial charge is 0.345 e. The summed E-state index contributed by atoms with van der Waals surface area (Å²) in [5.41, 5.74) is 3.78. The second-order valence-corrected chi connectivity index (χ2v) is 9.60. The minimum atomic E-state index is -3.69. The third-order valence-corrected chi connectivity index (χ3v) is 7.18. The maximum Gasteiger partial charge on any atom is 0.264 e. The standard InChI is InChI=1S/C25H28N2O3S/c1-5-23(20-9-7-6-8-10-20)26-25(28)21-13-16-24(19(3)17-21)27(4)31(29,30)22-14-11-18(2)12-15-22/h6-17,23H,5H2,1-4H3,(H,26,28). The molecule has 3 rings (SSSR count). The van der Waals surface area contributed by atoms with E-state index in [0.717, 1.165) is 17.5 Å². The minimum absolute atomic E-state index is 0.0849. The van der Waals surface area contributed by atoms with Gasteiger partial charge in [-0.15, -0.1) is 0 Å². The van der Waals surface area contributed by atoms with Crippen molar-refractivity contribution in [2.75, 3.05) is 11.4 Å². The van der Waals surface area contributed by atoms with E-state index in [2.05, 4.69) is 5.32 Å². The molecule has 3 aromatic carbocycles. The third kappa shape index (κ3) is 4.97. The summed E-state index contributed by atoms with van der Waals surface area (Å²) in [5, 5.41) is 3.07. The molecule has 3 aromatic rings. The van der Waals surface area contributed by atoms with Crippen LogP contribution in [0.1, 0.15) is 46.4 Å². The number of benzene rings is 3. The molecule has 0 heterocycles. The average Bonchev–Trinajstić information content (AvgIpc) is 2.77. The van der Waals surface area contributed by atoms with Gasteiger partial charge in [-0.25, -0.2) is 8.42 Å². The average molecular weight is 437 g/mol. The van der Waals surface area contributed by atoms with E-state index in [0.29, 0.717) is 16.8 Å². The van der Waals surface area contributed by atoms with E-state index in [1.807, 2.05) is 51.1 Å². The molecule has 0 fully saturated rings. The molecular weight excluding hydrogens is 408 g/mol. The van der Waals surface area contributed by atoms with Crippen molar-refractivity contribution in [2.45, 2.75) is 38.1 Å². The van der Waals surface area contributed by atoms with Crippen molar-refractivity contribution in [3.8, 4) is 0 Å². The normalized spacial score (nSPS) is 12.3. The first-order chi connectivity index (χ1) is 14.7. The van der Waals surface area contributed by atoms with E-state index in [9.17, 15) is 13.2 Å². The van der Waals surface area contributed by atoms with Gasteiger partial charge >= 0.3 is 0 Å². The summed E-state index contributed by atoms with van der Waals surface area (Å²) in [7, 11) is -2.16. The van der Waals surface area contributed by atoms with E-state index < -0.39 is 10.0 Å². The fourth-order valence-electron chi connectivity index (χ4n) is 3.50. The summed E-state index contributed by atoms with van der Waals surface area (Å²) in [6, 6.07) is 21.6. The number of nitrogens with zero attached hydrogens (tertiary/aromatic N) is 1. The van der Waals surface area contributed by atoms with Gasteiger partial charge in [-0.2, -0.15) is 0 Å². The number of aryl methyl sites for hydroxylation is 2. The van der Waals surface area contributed by atoms with Crippen LogP contribution in [-0.4, -0.2) is 21.4 Å². The minimum Gasteiger partial charge on any atom is -0.345 e. The highest BCUT2D eigenvalue weighted by molar-refractivity contribution is 7.92. The Hall–Kier alpha value is -3.12. The quantitative estimate of drug-likeness (QED) is 0.566. The summed E-state index contributed by atoms with van der Waals surface area (Å²) in [4.78, 5) is 13.1. The van der Waals surface area contributed by atoms with Crippen LogP contribution < -0.4 is 9.62 Å². The van der Waals surface area contributed by atoms with E-state index in [-0.39, 0.29) is 16.8 Å². The molecule has 0 spiro atoms. The molecule has 31 heavy (non-hydrogen) atoms. The Labute approximate surface area is 184 Å². The molecule has 1 amide bonds. The lowest BCUT2D eigenvalue weighted by Gasteiger charge is -2.22. The second kappa shape index (κ2) is 9.35. The van der Waals surface area contributed by atoms with Gasteiger partial charge in [0.15, 0.2) is 0 Å². The van der Waals surface area contributed by atoms with Gasteiger partial charge in [0.2, 0.25) is 0 Å². The highest BCUT2D eigenvalue weighted by Gasteiger charge is 2.23. The van der Waals surface area contributed by atoms with Crippen LogP contribution >= 0.6 is 0 Å². The summed E-state index contributed by atoms with van der Waals surface area (Å²) in [5.74, 6) is -0.186. The van der Waals surface area contributed by atoms with Gasteiger partial charge in [-0.1, -0.05) is 55.0 Å². The van der Waals surface area contributed by atoms with Gasteiger partial charge < -0.3 is 5.32 Å². The van der Waals surface area contributed by atoms with Crippen LogP contribution in [-0.2, 0) is 10.0 Å². The SMILES string of the molecule is CCC(NC(=O)c1ccc(N(C)S(=O)(=O)c2ccc(C)cc2)c(C)c1)c1ccccc1. The lowest BCUT2D eigenvalue weighted by molar-refractivity contribution is 0.0935. The molecule has 0 saturated carbocycles. The molecular formula is C25H28N2O3S. The molecule has 5 nitrogen and oxygen atoms in total. The Morgan fingerprint density at radius 1 is 0.968 bits per heavy atom. The Kier molecular flexibility index (Phi) is 6.81. The fourth-order valence-corrected chi connectivity index (χ4v) is 4.76. The zero-order valence-corrected chi connectivity index (χ0v) is 19.1. The van der Waals surface area contributed by atoms with Crippen molar-refractivity contribution >= 4 is 21.6 Å². The van der Waals surface area contributed by atoms with Gasteiger partial charge in [-0.3, -0.25) is 9.10 Å². The summed E-state index contributed by atoms with van der Waals surface area (Å²) in [6.07, 6.45) is 0.768. The number of rotatable bonds is 7. The number of hydrogen-bond acceptors (Lipinski definition) is 3. The molecule has 162 valence electrons. The number of hydrogen-bond donors (Lipinski definition) is 1. The van der Waals surface area contributed by atoms with Crippen LogP contribution in [0.3, 0.4) is 0 Å². The van der Waals surface area contributed by atoms with E-state index >= 15 is 0 Å². The molecule has 1 unspecified atom stereocenters. The van der Waals surface area contributed by atoms with Gasteiger partial charge in [0.25, 0.3) is 15.9 Å². The zero-order valence-electron chi connectivity index (χ0n) is 18.3. The zero-order chi connectivity index (χ0) is 22.6. The molecule has 0 saturated heterocycles. The van der Waals surface area contributed by atoms with Gasteiger partial charge in [0, 0.05) is 12.6 Å². The first-order valence-corrected chi connectivity index (χ1v) is 11.7. The van der Waals surface area contributed by atoms with Crippen LogP contribution in [0.5, 0.6) is 0 Å². The molecule has 1 N–H and O–H groups in total. The highest BCUT2D eigenvalue weighted by Crippen LogP contribution is 2.27. The first kappa shape index (κ1) is 22.6. The lowest BCUT2D eigenvalue weighted by atomic mass is 10.0. The Morgan fingerprint density at radius 2 is 1.61 bits per heavy atom. The van der Waals surface area contributed by atoms with Crippen molar-refractivity contribution in [2.24, 2.45) is 0 Å². The van der Waals surface area contributed by atoms with Gasteiger partial charge in [-0.05, 0) is 61.7 Å². The monoisotopic (exact) mass is 436 g/mol. The molecule has 0 aromatic heterocycles. The van der Waals surface area contributed by atoms with Crippen molar-refractivity contribution < 1.29 is 13.2 Å². The third-order valence-electron chi connectivity index (χ3n) is 5.39. The van der Waals surface area contributed by atoms with Crippen LogP contribution in [0.25, 0.3) is 0 Å². The van der Waals surface area contributed by atoms with Crippen molar-refractivity contribution in [3.05, 3.63) is 95.1 Å². The number of carbonyl (C=O) groups excluding carboxylic acids is 1. The van der Waals surface area contributed by atoms with Crippen molar-refractivity contribution in [3.63, 3.8) is 0 Å². The van der Waals surface area contributed by atoms with Crippen LogP contribution in [0, 0.1) is 13.8 Å². The maximum absolute atomic E-state index is 13.0. The fraction of sp³-hybridized carbons (Fsp3) is 0.240. The summed E-state index contributed by atoms with van der Waals surface area (Å²) >= 11 is 0. The Balaban J connectivity index is 1.82. The molecule has 0 aliphatic carbocycles.